The molecule has 1 heteroatoms. The highest BCUT2D eigenvalue weighted by atomic mass is 15.2. The molecule has 1 fully saturated rings. The molecule has 0 aliphatic carbocycles. The highest BCUT2D eigenvalue weighted by Gasteiger charge is 2.34. The van der Waals surface area contributed by atoms with E-state index in [1.165, 1.54) is 58.0 Å². The van der Waals surface area contributed by atoms with Crippen LogP contribution in [0.2, 0.25) is 0 Å². The van der Waals surface area contributed by atoms with E-state index in [9.17, 15) is 0 Å². The van der Waals surface area contributed by atoms with Gasteiger partial charge in [0.1, 0.15) is 0 Å². The van der Waals surface area contributed by atoms with Gasteiger partial charge in [-0.1, -0.05) is 72.0 Å². The molecule has 142 valence electrons. The molecule has 1 aliphatic heterocycles. The van der Waals surface area contributed by atoms with Crippen molar-refractivity contribution in [2.75, 3.05) is 13.1 Å². The molecule has 1 nitrogen and oxygen atoms in total. The topological polar surface area (TPSA) is 3.24 Å². The van der Waals surface area contributed by atoms with Crippen molar-refractivity contribution in [3.8, 4) is 0 Å². The highest BCUT2D eigenvalue weighted by Crippen LogP contribution is 2.37. The minimum atomic E-state index is 0.801. The van der Waals surface area contributed by atoms with E-state index in [0.717, 1.165) is 29.7 Å². The maximum absolute atomic E-state index is 2.83. The molecular weight excluding hydrogens is 290 g/mol. The van der Waals surface area contributed by atoms with Gasteiger partial charge in [-0.25, -0.2) is 0 Å². The smallest absolute Gasteiger partial charge is 0.0124 e. The van der Waals surface area contributed by atoms with Gasteiger partial charge in [-0.05, 0) is 63.3 Å². The Hall–Kier alpha value is -0.300. The molecular formula is C23H45N. The number of allylic oxidation sites excluding steroid dienone is 2. The zero-order chi connectivity index (χ0) is 18.1. The van der Waals surface area contributed by atoms with Gasteiger partial charge in [0.05, 0.1) is 0 Å². The lowest BCUT2D eigenvalue weighted by Crippen LogP contribution is -2.41. The van der Waals surface area contributed by atoms with Crippen LogP contribution in [0, 0.1) is 23.7 Å². The summed E-state index contributed by atoms with van der Waals surface area (Å²) in [5.41, 5.74) is 1.58. The maximum Gasteiger partial charge on any atom is 0.0124 e. The van der Waals surface area contributed by atoms with E-state index in [1.807, 2.05) is 0 Å². The van der Waals surface area contributed by atoms with Gasteiger partial charge in [-0.2, -0.15) is 0 Å². The lowest BCUT2D eigenvalue weighted by Gasteiger charge is -2.35. The van der Waals surface area contributed by atoms with E-state index in [2.05, 4.69) is 59.4 Å². The zero-order valence-electron chi connectivity index (χ0n) is 17.8. The van der Waals surface area contributed by atoms with Crippen LogP contribution in [0.5, 0.6) is 0 Å². The highest BCUT2D eigenvalue weighted by molar-refractivity contribution is 4.99. The number of unbranched alkanes of at least 4 members (excludes halogenated alkanes) is 1. The first kappa shape index (κ1) is 21.7. The van der Waals surface area contributed by atoms with E-state index < -0.39 is 0 Å². The lowest BCUT2D eigenvalue weighted by atomic mass is 9.80. The van der Waals surface area contributed by atoms with Crippen LogP contribution >= 0.6 is 0 Å². The van der Waals surface area contributed by atoms with Crippen molar-refractivity contribution in [2.45, 2.75) is 99.5 Å². The summed E-state index contributed by atoms with van der Waals surface area (Å²) in [6, 6.07) is 0.801. The Balaban J connectivity index is 2.82. The molecule has 1 heterocycles. The standard InChI is InChI=1S/C23H45N/c1-8-12-13-21(10-3)16-23-19(6)15-22(14-18(5)9-2)20(7)17-24(23)11-4/h9,19-23H,8,10-17H2,1-7H3. The van der Waals surface area contributed by atoms with E-state index in [-0.39, 0.29) is 0 Å². The van der Waals surface area contributed by atoms with Crippen molar-refractivity contribution < 1.29 is 0 Å². The van der Waals surface area contributed by atoms with E-state index in [4.69, 9.17) is 0 Å². The van der Waals surface area contributed by atoms with Gasteiger partial charge in [0.2, 0.25) is 0 Å². The monoisotopic (exact) mass is 335 g/mol. The third-order valence-electron chi connectivity index (χ3n) is 6.73. The first-order valence-electron chi connectivity index (χ1n) is 10.8. The van der Waals surface area contributed by atoms with Gasteiger partial charge in [0.25, 0.3) is 0 Å². The number of nitrogens with zero attached hydrogens (tertiary/aromatic N) is 1. The average molecular weight is 336 g/mol. The van der Waals surface area contributed by atoms with E-state index >= 15 is 0 Å². The second-order valence-corrected chi connectivity index (χ2v) is 8.60. The second kappa shape index (κ2) is 11.3. The van der Waals surface area contributed by atoms with Gasteiger partial charge in [-0.15, -0.1) is 0 Å². The van der Waals surface area contributed by atoms with Gasteiger partial charge in [-0.3, -0.25) is 0 Å². The summed E-state index contributed by atoms with van der Waals surface area (Å²) < 4.78 is 0. The molecule has 5 atom stereocenters. The summed E-state index contributed by atoms with van der Waals surface area (Å²) >= 11 is 0. The van der Waals surface area contributed by atoms with Crippen LogP contribution < -0.4 is 0 Å². The lowest BCUT2D eigenvalue weighted by molar-refractivity contribution is 0.129. The van der Waals surface area contributed by atoms with Crippen molar-refractivity contribution in [1.82, 2.24) is 4.90 Å². The van der Waals surface area contributed by atoms with Crippen LogP contribution in [0.4, 0.5) is 0 Å². The van der Waals surface area contributed by atoms with Crippen molar-refractivity contribution >= 4 is 0 Å². The summed E-state index contributed by atoms with van der Waals surface area (Å²) in [7, 11) is 0. The summed E-state index contributed by atoms with van der Waals surface area (Å²) in [6.45, 7) is 19.2. The predicted octanol–water partition coefficient (Wildman–Crippen LogP) is 6.93. The summed E-state index contributed by atoms with van der Waals surface area (Å²) in [4.78, 5) is 2.83. The third kappa shape index (κ3) is 6.54. The van der Waals surface area contributed by atoms with Crippen molar-refractivity contribution in [3.63, 3.8) is 0 Å². The van der Waals surface area contributed by atoms with Crippen LogP contribution in [-0.2, 0) is 0 Å². The predicted molar refractivity (Wildman–Crippen MR) is 109 cm³/mol. The fourth-order valence-corrected chi connectivity index (χ4v) is 4.77. The Morgan fingerprint density at radius 2 is 1.88 bits per heavy atom. The number of rotatable bonds is 9. The molecule has 0 aromatic rings. The van der Waals surface area contributed by atoms with Gasteiger partial charge >= 0.3 is 0 Å². The normalized spacial score (nSPS) is 31.0. The average Bonchev–Trinajstić information content (AvgIpc) is 2.69. The van der Waals surface area contributed by atoms with Crippen molar-refractivity contribution in [2.24, 2.45) is 23.7 Å². The molecule has 0 bridgehead atoms. The first-order chi connectivity index (χ1) is 11.5. The molecule has 0 aromatic carbocycles. The van der Waals surface area contributed by atoms with Crippen LogP contribution in [0.1, 0.15) is 93.4 Å². The number of likely N-dealkylation sites (tertiary alicyclic amines) is 1. The zero-order valence-corrected chi connectivity index (χ0v) is 17.8. The maximum atomic E-state index is 2.83. The Kier molecular flexibility index (Phi) is 10.3. The van der Waals surface area contributed by atoms with Gasteiger partial charge < -0.3 is 4.90 Å². The van der Waals surface area contributed by atoms with Gasteiger partial charge in [0.15, 0.2) is 0 Å². The quantitative estimate of drug-likeness (QED) is 0.413. The first-order valence-corrected chi connectivity index (χ1v) is 10.8. The molecule has 1 saturated heterocycles. The fourth-order valence-electron chi connectivity index (χ4n) is 4.77. The fraction of sp³-hybridized carbons (Fsp3) is 0.913. The minimum absolute atomic E-state index is 0.801. The van der Waals surface area contributed by atoms with Crippen molar-refractivity contribution in [1.29, 1.82) is 0 Å². The summed E-state index contributed by atoms with van der Waals surface area (Å²) in [6.07, 6.45) is 12.0. The Bertz CT molecular complexity index is 359. The number of hydrogen-bond acceptors (Lipinski definition) is 1. The third-order valence-corrected chi connectivity index (χ3v) is 6.73. The van der Waals surface area contributed by atoms with Crippen LogP contribution in [-0.4, -0.2) is 24.0 Å². The second-order valence-electron chi connectivity index (χ2n) is 8.60. The Morgan fingerprint density at radius 3 is 2.42 bits per heavy atom. The summed E-state index contributed by atoms with van der Waals surface area (Å²) in [5.74, 6) is 3.45. The van der Waals surface area contributed by atoms with Crippen LogP contribution in [0.25, 0.3) is 0 Å². The SMILES string of the molecule is CC=C(C)CC1CC(C)C(CC(CC)CCCC)N(CC)CC1C. The molecule has 5 unspecified atom stereocenters. The van der Waals surface area contributed by atoms with E-state index in [1.54, 1.807) is 5.57 Å². The van der Waals surface area contributed by atoms with Crippen LogP contribution in [0.15, 0.2) is 11.6 Å². The Morgan fingerprint density at radius 1 is 1.17 bits per heavy atom. The molecule has 24 heavy (non-hydrogen) atoms. The molecule has 1 rings (SSSR count). The van der Waals surface area contributed by atoms with Crippen LogP contribution in [0.3, 0.4) is 0 Å². The van der Waals surface area contributed by atoms with Gasteiger partial charge in [0, 0.05) is 12.6 Å². The molecule has 0 N–H and O–H groups in total. The number of hydrogen-bond donors (Lipinski definition) is 0. The Labute approximate surface area is 153 Å². The van der Waals surface area contributed by atoms with Crippen molar-refractivity contribution in [3.05, 3.63) is 11.6 Å². The molecule has 0 saturated carbocycles. The van der Waals surface area contributed by atoms with E-state index in [0.29, 0.717) is 0 Å². The largest absolute Gasteiger partial charge is 0.300 e. The molecule has 0 aromatic heterocycles. The molecule has 0 radical (unpaired) electrons. The molecule has 0 spiro atoms. The molecule has 1 aliphatic rings. The summed E-state index contributed by atoms with van der Waals surface area (Å²) in [5, 5.41) is 0. The minimum Gasteiger partial charge on any atom is -0.300 e. The molecule has 0 amide bonds.